The number of rotatable bonds is 4. The molecule has 130 valence electrons. The van der Waals surface area contributed by atoms with Crippen LogP contribution in [0.5, 0.6) is 0 Å². The molecule has 3 amide bonds. The molecule has 1 heterocycles. The summed E-state index contributed by atoms with van der Waals surface area (Å²) in [6.45, 7) is 2.54. The highest BCUT2D eigenvalue weighted by Crippen LogP contribution is 2.53. The van der Waals surface area contributed by atoms with E-state index in [1.54, 1.807) is 12.1 Å². The Hall–Kier alpha value is -2.14. The fourth-order valence-corrected chi connectivity index (χ4v) is 4.58. The third kappa shape index (κ3) is 2.41. The van der Waals surface area contributed by atoms with Gasteiger partial charge in [0.1, 0.15) is 0 Å². The Labute approximate surface area is 151 Å². The average Bonchev–Trinajstić information content (AvgIpc) is 3.26. The molecule has 4 rings (SSSR count). The number of hydrogen-bond acceptors (Lipinski definition) is 3. The van der Waals surface area contributed by atoms with Gasteiger partial charge in [0.2, 0.25) is 11.8 Å². The van der Waals surface area contributed by atoms with Gasteiger partial charge in [0, 0.05) is 6.54 Å². The SMILES string of the molecule is CCCNC(=O)c1ccc(N2C(=O)C3C4C=CC(C4)C3C2=O)cc1Cl. The Morgan fingerprint density at radius 1 is 1.20 bits per heavy atom. The maximum atomic E-state index is 12.8. The van der Waals surface area contributed by atoms with Gasteiger partial charge in [-0.3, -0.25) is 14.4 Å². The number of anilines is 1. The molecular formula is C19H19ClN2O3. The normalized spacial score (nSPS) is 29.4. The summed E-state index contributed by atoms with van der Waals surface area (Å²) in [5, 5.41) is 3.01. The van der Waals surface area contributed by atoms with Gasteiger partial charge in [-0.05, 0) is 42.9 Å². The molecule has 5 nitrogen and oxygen atoms in total. The Morgan fingerprint density at radius 3 is 2.40 bits per heavy atom. The van der Waals surface area contributed by atoms with Crippen molar-refractivity contribution in [3.05, 3.63) is 40.9 Å². The first kappa shape index (κ1) is 16.3. The van der Waals surface area contributed by atoms with E-state index in [9.17, 15) is 14.4 Å². The predicted octanol–water partition coefficient (Wildman–Crippen LogP) is 2.79. The van der Waals surface area contributed by atoms with Gasteiger partial charge < -0.3 is 5.32 Å². The molecule has 1 aliphatic heterocycles. The number of hydrogen-bond donors (Lipinski definition) is 1. The second-order valence-corrected chi connectivity index (χ2v) is 7.34. The second kappa shape index (κ2) is 5.99. The first-order valence-electron chi connectivity index (χ1n) is 8.66. The summed E-state index contributed by atoms with van der Waals surface area (Å²) in [6.07, 6.45) is 5.86. The zero-order valence-electron chi connectivity index (χ0n) is 13.9. The summed E-state index contributed by atoms with van der Waals surface area (Å²) in [6, 6.07) is 4.73. The second-order valence-electron chi connectivity index (χ2n) is 6.93. The number of nitrogens with one attached hydrogen (secondary N) is 1. The van der Waals surface area contributed by atoms with Gasteiger partial charge >= 0.3 is 0 Å². The van der Waals surface area contributed by atoms with Gasteiger partial charge in [-0.15, -0.1) is 0 Å². The summed E-state index contributed by atoms with van der Waals surface area (Å²) < 4.78 is 0. The largest absolute Gasteiger partial charge is 0.352 e. The highest BCUT2D eigenvalue weighted by molar-refractivity contribution is 6.34. The van der Waals surface area contributed by atoms with Crippen LogP contribution in [0, 0.1) is 23.7 Å². The summed E-state index contributed by atoms with van der Waals surface area (Å²) in [4.78, 5) is 39.0. The van der Waals surface area contributed by atoms with Gasteiger partial charge in [0.25, 0.3) is 5.91 Å². The van der Waals surface area contributed by atoms with Crippen LogP contribution < -0.4 is 10.2 Å². The molecule has 1 aromatic carbocycles. The van der Waals surface area contributed by atoms with Crippen molar-refractivity contribution in [3.8, 4) is 0 Å². The number of carbonyl (C=O) groups excluding carboxylic acids is 3. The number of benzene rings is 1. The van der Waals surface area contributed by atoms with Crippen LogP contribution in [0.15, 0.2) is 30.4 Å². The fourth-order valence-electron chi connectivity index (χ4n) is 4.32. The smallest absolute Gasteiger partial charge is 0.252 e. The van der Waals surface area contributed by atoms with Crippen molar-refractivity contribution in [2.45, 2.75) is 19.8 Å². The van der Waals surface area contributed by atoms with E-state index in [0.29, 0.717) is 17.8 Å². The summed E-state index contributed by atoms with van der Waals surface area (Å²) >= 11 is 6.24. The van der Waals surface area contributed by atoms with Gasteiger partial charge in [0.05, 0.1) is 28.1 Å². The lowest BCUT2D eigenvalue weighted by Gasteiger charge is -2.18. The maximum Gasteiger partial charge on any atom is 0.252 e. The lowest BCUT2D eigenvalue weighted by atomic mass is 9.85. The van der Waals surface area contributed by atoms with E-state index in [-0.39, 0.29) is 46.4 Å². The van der Waals surface area contributed by atoms with Crippen molar-refractivity contribution in [3.63, 3.8) is 0 Å². The van der Waals surface area contributed by atoms with Crippen molar-refractivity contribution in [1.29, 1.82) is 0 Å². The molecule has 2 fully saturated rings. The van der Waals surface area contributed by atoms with Crippen LogP contribution in [0.2, 0.25) is 5.02 Å². The third-order valence-corrected chi connectivity index (χ3v) is 5.77. The van der Waals surface area contributed by atoms with Crippen molar-refractivity contribution >= 4 is 35.0 Å². The minimum Gasteiger partial charge on any atom is -0.352 e. The van der Waals surface area contributed by atoms with Crippen LogP contribution in [0.25, 0.3) is 0 Å². The first-order valence-corrected chi connectivity index (χ1v) is 9.04. The first-order chi connectivity index (χ1) is 12.0. The predicted molar refractivity (Wildman–Crippen MR) is 94.3 cm³/mol. The average molecular weight is 359 g/mol. The topological polar surface area (TPSA) is 66.5 Å². The minimum absolute atomic E-state index is 0.147. The van der Waals surface area contributed by atoms with Crippen LogP contribution in [-0.2, 0) is 9.59 Å². The van der Waals surface area contributed by atoms with Crippen molar-refractivity contribution < 1.29 is 14.4 Å². The number of amides is 3. The van der Waals surface area contributed by atoms with Crippen LogP contribution in [0.1, 0.15) is 30.1 Å². The van der Waals surface area contributed by atoms with Gasteiger partial charge in [0.15, 0.2) is 0 Å². The van der Waals surface area contributed by atoms with E-state index in [2.05, 4.69) is 17.5 Å². The molecule has 3 aliphatic rings. The van der Waals surface area contributed by atoms with E-state index in [4.69, 9.17) is 11.6 Å². The van der Waals surface area contributed by atoms with E-state index < -0.39 is 0 Å². The zero-order valence-corrected chi connectivity index (χ0v) is 14.6. The molecule has 1 saturated carbocycles. The number of carbonyl (C=O) groups is 3. The molecule has 1 saturated heterocycles. The maximum absolute atomic E-state index is 12.8. The molecular weight excluding hydrogens is 340 g/mol. The van der Waals surface area contributed by atoms with E-state index in [1.807, 2.05) is 6.92 Å². The number of nitrogens with zero attached hydrogens (tertiary/aromatic N) is 1. The number of imide groups is 1. The minimum atomic E-state index is -0.253. The number of fused-ring (bicyclic) bond motifs is 5. The van der Waals surface area contributed by atoms with Gasteiger partial charge in [-0.2, -0.15) is 0 Å². The Morgan fingerprint density at radius 2 is 1.84 bits per heavy atom. The molecule has 1 aromatic rings. The van der Waals surface area contributed by atoms with Crippen LogP contribution in [0.4, 0.5) is 5.69 Å². The fraction of sp³-hybridized carbons (Fsp3) is 0.421. The molecule has 4 unspecified atom stereocenters. The molecule has 0 spiro atoms. The molecule has 2 aliphatic carbocycles. The highest BCUT2D eigenvalue weighted by atomic mass is 35.5. The number of allylic oxidation sites excluding steroid dienone is 2. The van der Waals surface area contributed by atoms with E-state index in [0.717, 1.165) is 12.8 Å². The quantitative estimate of drug-likeness (QED) is 0.664. The molecule has 1 N–H and O–H groups in total. The summed E-state index contributed by atoms with van der Waals surface area (Å²) in [5.74, 6) is -0.687. The third-order valence-electron chi connectivity index (χ3n) is 5.46. The van der Waals surface area contributed by atoms with Crippen LogP contribution in [-0.4, -0.2) is 24.3 Å². The lowest BCUT2D eigenvalue weighted by molar-refractivity contribution is -0.123. The molecule has 0 radical (unpaired) electrons. The van der Waals surface area contributed by atoms with Crippen LogP contribution in [0.3, 0.4) is 0 Å². The monoisotopic (exact) mass is 358 g/mol. The van der Waals surface area contributed by atoms with E-state index >= 15 is 0 Å². The van der Waals surface area contributed by atoms with Crippen molar-refractivity contribution in [1.82, 2.24) is 5.32 Å². The molecule has 6 heteroatoms. The van der Waals surface area contributed by atoms with Crippen molar-refractivity contribution in [2.24, 2.45) is 23.7 Å². The Kier molecular flexibility index (Phi) is 3.91. The van der Waals surface area contributed by atoms with E-state index in [1.165, 1.54) is 11.0 Å². The highest BCUT2D eigenvalue weighted by Gasteiger charge is 2.59. The Bertz CT molecular complexity index is 774. The molecule has 4 atom stereocenters. The van der Waals surface area contributed by atoms with Crippen molar-refractivity contribution in [2.75, 3.05) is 11.4 Å². The Balaban J connectivity index is 1.61. The van der Waals surface area contributed by atoms with Gasteiger partial charge in [-0.25, -0.2) is 4.90 Å². The summed E-state index contributed by atoms with van der Waals surface area (Å²) in [5.41, 5.74) is 0.792. The van der Waals surface area contributed by atoms with Crippen LogP contribution >= 0.6 is 11.6 Å². The zero-order chi connectivity index (χ0) is 17.7. The molecule has 2 bridgehead atoms. The standard InChI is InChI=1S/C19H19ClN2O3/c1-2-7-21-17(23)13-6-5-12(9-14(13)20)22-18(24)15-10-3-4-11(8-10)16(15)19(22)25/h3-6,9-11,15-16H,2,7-8H2,1H3,(H,21,23). The molecule has 0 aromatic heterocycles. The van der Waals surface area contributed by atoms with Gasteiger partial charge in [-0.1, -0.05) is 30.7 Å². The number of halogens is 1. The molecule has 25 heavy (non-hydrogen) atoms. The summed E-state index contributed by atoms with van der Waals surface area (Å²) in [7, 11) is 0. The lowest BCUT2D eigenvalue weighted by Crippen LogP contribution is -2.33.